The Bertz CT molecular complexity index is 477. The number of hydrogen-bond acceptors (Lipinski definition) is 3. The lowest BCUT2D eigenvalue weighted by Crippen LogP contribution is -2.43. The van der Waals surface area contributed by atoms with Gasteiger partial charge in [-0.2, -0.15) is 11.8 Å². The van der Waals surface area contributed by atoms with Gasteiger partial charge in [-0.15, -0.1) is 0 Å². The summed E-state index contributed by atoms with van der Waals surface area (Å²) in [5.41, 5.74) is 7.28. The number of nitrogens with two attached hydrogens (primary N) is 1. The molecular formula is C15H21BrN2OS. The van der Waals surface area contributed by atoms with Crippen LogP contribution in [0.25, 0.3) is 0 Å². The van der Waals surface area contributed by atoms with E-state index in [9.17, 15) is 4.79 Å². The lowest BCUT2D eigenvalue weighted by molar-refractivity contribution is -0.122. The van der Waals surface area contributed by atoms with Crippen molar-refractivity contribution < 1.29 is 4.79 Å². The van der Waals surface area contributed by atoms with Gasteiger partial charge < -0.3 is 11.1 Å². The van der Waals surface area contributed by atoms with Gasteiger partial charge in [-0.3, -0.25) is 4.79 Å². The van der Waals surface area contributed by atoms with Gasteiger partial charge in [-0.05, 0) is 42.9 Å². The van der Waals surface area contributed by atoms with Crippen molar-refractivity contribution in [2.24, 2.45) is 5.73 Å². The van der Waals surface area contributed by atoms with E-state index in [2.05, 4.69) is 33.4 Å². The van der Waals surface area contributed by atoms with E-state index in [1.54, 1.807) is 11.8 Å². The summed E-state index contributed by atoms with van der Waals surface area (Å²) in [6.07, 6.45) is 5.00. The van der Waals surface area contributed by atoms with Gasteiger partial charge in [0.1, 0.15) is 0 Å². The van der Waals surface area contributed by atoms with E-state index in [0.29, 0.717) is 6.54 Å². The van der Waals surface area contributed by atoms with Crippen molar-refractivity contribution in [1.29, 1.82) is 0 Å². The fourth-order valence-corrected chi connectivity index (χ4v) is 3.54. The highest BCUT2D eigenvalue weighted by Gasteiger charge is 2.45. The summed E-state index contributed by atoms with van der Waals surface area (Å²) in [5.74, 6) is 0.890. The first-order valence-electron chi connectivity index (χ1n) is 6.86. The Kier molecular flexibility index (Phi) is 5.52. The van der Waals surface area contributed by atoms with Crippen molar-refractivity contribution >= 4 is 33.6 Å². The Hall–Kier alpha value is -0.520. The highest BCUT2D eigenvalue weighted by molar-refractivity contribution is 9.10. The number of hydrogen-bond donors (Lipinski definition) is 2. The molecule has 0 spiro atoms. The molecule has 0 radical (unpaired) electrons. The number of amides is 1. The third-order valence-corrected chi connectivity index (χ3v) is 5.20. The molecule has 0 aliphatic heterocycles. The average molecular weight is 357 g/mol. The van der Waals surface area contributed by atoms with Crippen LogP contribution in [-0.2, 0) is 10.2 Å². The second kappa shape index (κ2) is 6.96. The number of carbonyl (C=O) groups excluding carboxylic acids is 1. The van der Waals surface area contributed by atoms with Crippen LogP contribution in [0.2, 0.25) is 0 Å². The fourth-order valence-electron chi connectivity index (χ4n) is 2.35. The standard InChI is InChI=1S/C15H21BrN2OS/c1-20-9-6-13(17)14(19)18-10-15(7-8-15)11-4-2-3-5-12(11)16/h2-5,13H,6-10,17H2,1H3,(H,18,19)/t13-/m0/s1. The van der Waals surface area contributed by atoms with Crippen molar-refractivity contribution in [3.05, 3.63) is 34.3 Å². The smallest absolute Gasteiger partial charge is 0.236 e. The van der Waals surface area contributed by atoms with Crippen molar-refractivity contribution in [3.63, 3.8) is 0 Å². The molecular weight excluding hydrogens is 336 g/mol. The van der Waals surface area contributed by atoms with Crippen LogP contribution in [0, 0.1) is 0 Å². The van der Waals surface area contributed by atoms with E-state index in [-0.39, 0.29) is 11.3 Å². The maximum atomic E-state index is 12.0. The number of rotatable bonds is 7. The Labute approximate surface area is 133 Å². The van der Waals surface area contributed by atoms with E-state index >= 15 is 0 Å². The fraction of sp³-hybridized carbons (Fsp3) is 0.533. The van der Waals surface area contributed by atoms with Gasteiger partial charge in [-0.1, -0.05) is 34.1 Å². The van der Waals surface area contributed by atoms with E-state index in [4.69, 9.17) is 5.73 Å². The first-order valence-corrected chi connectivity index (χ1v) is 9.05. The second-order valence-corrected chi connectivity index (χ2v) is 7.21. The van der Waals surface area contributed by atoms with Gasteiger partial charge in [0.2, 0.25) is 5.91 Å². The predicted molar refractivity (Wildman–Crippen MR) is 89.0 cm³/mol. The highest BCUT2D eigenvalue weighted by atomic mass is 79.9. The van der Waals surface area contributed by atoms with Crippen molar-refractivity contribution in [2.75, 3.05) is 18.6 Å². The van der Waals surface area contributed by atoms with Crippen LogP contribution in [0.1, 0.15) is 24.8 Å². The third-order valence-electron chi connectivity index (χ3n) is 3.87. The van der Waals surface area contributed by atoms with E-state index in [1.807, 2.05) is 18.4 Å². The molecule has 1 aliphatic carbocycles. The molecule has 0 saturated heterocycles. The van der Waals surface area contributed by atoms with Crippen molar-refractivity contribution in [3.8, 4) is 0 Å². The van der Waals surface area contributed by atoms with Gasteiger partial charge in [0.15, 0.2) is 0 Å². The number of thioether (sulfide) groups is 1. The SMILES string of the molecule is CSCC[C@H](N)C(=O)NCC1(c2ccccc2Br)CC1. The van der Waals surface area contributed by atoms with Gasteiger partial charge in [0, 0.05) is 16.4 Å². The minimum Gasteiger partial charge on any atom is -0.354 e. The molecule has 1 aromatic rings. The average Bonchev–Trinajstić information content (AvgIpc) is 3.23. The lowest BCUT2D eigenvalue weighted by Gasteiger charge is -2.19. The molecule has 110 valence electrons. The minimum absolute atomic E-state index is 0.0302. The monoisotopic (exact) mass is 356 g/mol. The molecule has 0 bridgehead atoms. The third kappa shape index (κ3) is 3.77. The first kappa shape index (κ1) is 15.9. The Balaban J connectivity index is 1.91. The molecule has 1 aromatic carbocycles. The van der Waals surface area contributed by atoms with E-state index in [1.165, 1.54) is 5.56 Å². The maximum Gasteiger partial charge on any atom is 0.236 e. The lowest BCUT2D eigenvalue weighted by atomic mass is 9.96. The topological polar surface area (TPSA) is 55.1 Å². The summed E-state index contributed by atoms with van der Waals surface area (Å²) in [7, 11) is 0. The van der Waals surface area contributed by atoms with Crippen LogP contribution in [0.15, 0.2) is 28.7 Å². The van der Waals surface area contributed by atoms with Crippen LogP contribution in [-0.4, -0.2) is 30.5 Å². The Morgan fingerprint density at radius 3 is 2.80 bits per heavy atom. The number of halogens is 1. The quantitative estimate of drug-likeness (QED) is 0.789. The predicted octanol–water partition coefficient (Wildman–Crippen LogP) is 2.68. The van der Waals surface area contributed by atoms with Crippen LogP contribution in [0.4, 0.5) is 0 Å². The zero-order valence-corrected chi connectivity index (χ0v) is 14.1. The van der Waals surface area contributed by atoms with Crippen LogP contribution >= 0.6 is 27.7 Å². The Morgan fingerprint density at radius 1 is 1.50 bits per heavy atom. The number of carbonyl (C=O) groups is 1. The molecule has 1 amide bonds. The molecule has 0 unspecified atom stereocenters. The molecule has 20 heavy (non-hydrogen) atoms. The molecule has 1 aliphatic rings. The molecule has 3 N–H and O–H groups in total. The molecule has 5 heteroatoms. The summed E-state index contributed by atoms with van der Waals surface area (Å²) >= 11 is 5.32. The Morgan fingerprint density at radius 2 is 2.20 bits per heavy atom. The molecule has 1 saturated carbocycles. The molecule has 0 aromatic heterocycles. The van der Waals surface area contributed by atoms with Crippen LogP contribution < -0.4 is 11.1 Å². The van der Waals surface area contributed by atoms with Crippen LogP contribution in [0.5, 0.6) is 0 Å². The van der Waals surface area contributed by atoms with E-state index < -0.39 is 6.04 Å². The summed E-state index contributed by atoms with van der Waals surface area (Å²) in [4.78, 5) is 12.0. The summed E-state index contributed by atoms with van der Waals surface area (Å²) in [6, 6.07) is 7.86. The molecule has 2 rings (SSSR count). The number of nitrogens with one attached hydrogen (secondary N) is 1. The maximum absolute atomic E-state index is 12.0. The van der Waals surface area contributed by atoms with Gasteiger partial charge in [0.25, 0.3) is 0 Å². The normalized spacial score (nSPS) is 17.6. The highest BCUT2D eigenvalue weighted by Crippen LogP contribution is 2.49. The molecule has 0 heterocycles. The van der Waals surface area contributed by atoms with Gasteiger partial charge in [-0.25, -0.2) is 0 Å². The zero-order chi connectivity index (χ0) is 14.6. The zero-order valence-electron chi connectivity index (χ0n) is 11.7. The van der Waals surface area contributed by atoms with Gasteiger partial charge in [0.05, 0.1) is 6.04 Å². The van der Waals surface area contributed by atoms with Crippen molar-refractivity contribution in [2.45, 2.75) is 30.7 Å². The van der Waals surface area contributed by atoms with Crippen LogP contribution in [0.3, 0.4) is 0 Å². The molecule has 1 fully saturated rings. The van der Waals surface area contributed by atoms with Gasteiger partial charge >= 0.3 is 0 Å². The first-order chi connectivity index (χ1) is 9.59. The minimum atomic E-state index is -0.391. The molecule has 1 atom stereocenters. The number of benzene rings is 1. The summed E-state index contributed by atoms with van der Waals surface area (Å²) in [5, 5.41) is 3.03. The summed E-state index contributed by atoms with van der Waals surface area (Å²) < 4.78 is 1.12. The van der Waals surface area contributed by atoms with Crippen molar-refractivity contribution in [1.82, 2.24) is 5.32 Å². The summed E-state index contributed by atoms with van der Waals surface area (Å²) in [6.45, 7) is 0.682. The molecule has 3 nitrogen and oxygen atoms in total. The largest absolute Gasteiger partial charge is 0.354 e. The second-order valence-electron chi connectivity index (χ2n) is 5.37. The van der Waals surface area contributed by atoms with E-state index in [0.717, 1.165) is 29.5 Å².